The Kier molecular flexibility index (Phi) is 4.81. The second kappa shape index (κ2) is 6.17. The summed E-state index contributed by atoms with van der Waals surface area (Å²) in [5.74, 6) is 0. The van der Waals surface area contributed by atoms with E-state index >= 15 is 0 Å². The van der Waals surface area contributed by atoms with E-state index in [9.17, 15) is 8.42 Å². The molecule has 1 aromatic carbocycles. The highest BCUT2D eigenvalue weighted by Gasteiger charge is 2.26. The maximum absolute atomic E-state index is 12.6. The van der Waals surface area contributed by atoms with Crippen LogP contribution in [0, 0.1) is 0 Å². The van der Waals surface area contributed by atoms with Gasteiger partial charge in [-0.15, -0.1) is 0 Å². The fraction of sp³-hybridized carbons (Fsp3) is 0.538. The Morgan fingerprint density at radius 3 is 2.11 bits per heavy atom. The first-order valence-corrected chi connectivity index (χ1v) is 8.60. The lowest BCUT2D eigenvalue weighted by atomic mass is 10.1. The van der Waals surface area contributed by atoms with Crippen LogP contribution in [-0.4, -0.2) is 25.8 Å². The molecule has 5 heteroatoms. The van der Waals surface area contributed by atoms with Crippen LogP contribution in [0.1, 0.15) is 32.1 Å². The minimum Gasteiger partial charge on any atom is -0.207 e. The van der Waals surface area contributed by atoms with Crippen LogP contribution in [0.2, 0.25) is 0 Å². The van der Waals surface area contributed by atoms with Crippen molar-refractivity contribution in [1.29, 1.82) is 0 Å². The van der Waals surface area contributed by atoms with E-state index in [0.29, 0.717) is 22.5 Å². The van der Waals surface area contributed by atoms with E-state index in [1.54, 1.807) is 22.5 Å². The predicted molar refractivity (Wildman–Crippen MR) is 76.0 cm³/mol. The molecule has 0 amide bonds. The molecule has 0 bridgehead atoms. The fourth-order valence-electron chi connectivity index (χ4n) is 2.25. The fourth-order valence-corrected chi connectivity index (χ4v) is 4.73. The van der Waals surface area contributed by atoms with Crippen LogP contribution in [0.5, 0.6) is 0 Å². The van der Waals surface area contributed by atoms with Gasteiger partial charge in [0.2, 0.25) is 10.0 Å². The molecule has 0 spiro atoms. The van der Waals surface area contributed by atoms with Gasteiger partial charge >= 0.3 is 0 Å². The van der Waals surface area contributed by atoms with Crippen molar-refractivity contribution >= 4 is 26.0 Å². The van der Waals surface area contributed by atoms with E-state index in [2.05, 4.69) is 15.9 Å². The number of rotatable bonds is 2. The number of hydrogen-bond acceptors (Lipinski definition) is 2. The highest BCUT2D eigenvalue weighted by molar-refractivity contribution is 9.10. The first kappa shape index (κ1) is 14.0. The lowest BCUT2D eigenvalue weighted by molar-refractivity contribution is 0.364. The maximum Gasteiger partial charge on any atom is 0.244 e. The Morgan fingerprint density at radius 1 is 0.944 bits per heavy atom. The average Bonchev–Trinajstić information content (AvgIpc) is 2.28. The van der Waals surface area contributed by atoms with E-state index < -0.39 is 10.0 Å². The summed E-state index contributed by atoms with van der Waals surface area (Å²) in [5, 5.41) is 0. The van der Waals surface area contributed by atoms with Gasteiger partial charge in [-0.05, 0) is 40.9 Å². The molecule has 2 rings (SSSR count). The Morgan fingerprint density at radius 2 is 1.50 bits per heavy atom. The minimum atomic E-state index is -3.35. The van der Waals surface area contributed by atoms with Gasteiger partial charge < -0.3 is 0 Å². The van der Waals surface area contributed by atoms with Crippen molar-refractivity contribution in [1.82, 2.24) is 4.31 Å². The van der Waals surface area contributed by atoms with Crippen LogP contribution in [0.4, 0.5) is 0 Å². The monoisotopic (exact) mass is 331 g/mol. The highest BCUT2D eigenvalue weighted by Crippen LogP contribution is 2.26. The number of hydrogen-bond donors (Lipinski definition) is 0. The molecule has 1 saturated heterocycles. The second-order valence-electron chi connectivity index (χ2n) is 4.60. The first-order valence-electron chi connectivity index (χ1n) is 6.37. The summed E-state index contributed by atoms with van der Waals surface area (Å²) in [4.78, 5) is 0.380. The molecule has 3 nitrogen and oxygen atoms in total. The molecule has 1 aliphatic heterocycles. The second-order valence-corrected chi connectivity index (χ2v) is 7.36. The van der Waals surface area contributed by atoms with Gasteiger partial charge in [-0.25, -0.2) is 8.42 Å². The third kappa shape index (κ3) is 3.13. The SMILES string of the molecule is O=S(=O)(c1ccccc1Br)N1CCCCCCC1. The zero-order valence-corrected chi connectivity index (χ0v) is 12.7. The normalized spacial score (nSPS) is 19.2. The Labute approximate surface area is 117 Å². The molecular formula is C13H18BrNO2S. The van der Waals surface area contributed by atoms with Gasteiger partial charge in [-0.2, -0.15) is 4.31 Å². The van der Waals surface area contributed by atoms with Crippen molar-refractivity contribution in [3.05, 3.63) is 28.7 Å². The van der Waals surface area contributed by atoms with Crippen LogP contribution in [0.15, 0.2) is 33.6 Å². The smallest absolute Gasteiger partial charge is 0.207 e. The third-order valence-electron chi connectivity index (χ3n) is 3.27. The van der Waals surface area contributed by atoms with E-state index in [1.807, 2.05) is 6.07 Å². The molecule has 1 heterocycles. The molecule has 0 radical (unpaired) electrons. The van der Waals surface area contributed by atoms with Crippen LogP contribution in [-0.2, 0) is 10.0 Å². The predicted octanol–water partition coefficient (Wildman–Crippen LogP) is 3.40. The molecular weight excluding hydrogens is 314 g/mol. The summed E-state index contributed by atoms with van der Waals surface area (Å²) in [6.07, 6.45) is 5.40. The van der Waals surface area contributed by atoms with Gasteiger partial charge in [-0.3, -0.25) is 0 Å². The van der Waals surface area contributed by atoms with Crippen LogP contribution in [0.3, 0.4) is 0 Å². The average molecular weight is 332 g/mol. The minimum absolute atomic E-state index is 0.380. The number of nitrogens with zero attached hydrogens (tertiary/aromatic N) is 1. The lowest BCUT2D eigenvalue weighted by Crippen LogP contribution is -2.34. The number of benzene rings is 1. The molecule has 18 heavy (non-hydrogen) atoms. The summed E-state index contributed by atoms with van der Waals surface area (Å²) in [6.45, 7) is 1.29. The first-order chi connectivity index (χ1) is 8.62. The molecule has 1 aliphatic rings. The maximum atomic E-state index is 12.6. The summed E-state index contributed by atoms with van der Waals surface area (Å²) < 4.78 is 27.4. The summed E-state index contributed by atoms with van der Waals surface area (Å²) in [5.41, 5.74) is 0. The Balaban J connectivity index is 2.26. The molecule has 0 N–H and O–H groups in total. The summed E-state index contributed by atoms with van der Waals surface area (Å²) in [6, 6.07) is 7.04. The molecule has 0 unspecified atom stereocenters. The van der Waals surface area contributed by atoms with Gasteiger partial charge in [0.15, 0.2) is 0 Å². The van der Waals surface area contributed by atoms with Gasteiger partial charge in [0, 0.05) is 17.6 Å². The van der Waals surface area contributed by atoms with Crippen molar-refractivity contribution in [3.8, 4) is 0 Å². The molecule has 0 atom stereocenters. The van der Waals surface area contributed by atoms with Crippen molar-refractivity contribution in [2.75, 3.05) is 13.1 Å². The molecule has 1 aromatic rings. The zero-order valence-electron chi connectivity index (χ0n) is 10.3. The van der Waals surface area contributed by atoms with Gasteiger partial charge in [0.05, 0.1) is 4.90 Å². The van der Waals surface area contributed by atoms with Crippen molar-refractivity contribution in [2.45, 2.75) is 37.0 Å². The van der Waals surface area contributed by atoms with E-state index in [0.717, 1.165) is 25.7 Å². The topological polar surface area (TPSA) is 37.4 Å². The standard InChI is InChI=1S/C13H18BrNO2S/c14-12-8-4-5-9-13(12)18(16,17)15-10-6-2-1-3-7-11-15/h4-5,8-9H,1-3,6-7,10-11H2. The quantitative estimate of drug-likeness (QED) is 0.832. The number of halogens is 1. The molecule has 0 aromatic heterocycles. The third-order valence-corrected chi connectivity index (χ3v) is 6.18. The van der Waals surface area contributed by atoms with Crippen LogP contribution < -0.4 is 0 Å². The van der Waals surface area contributed by atoms with Crippen molar-refractivity contribution in [2.24, 2.45) is 0 Å². The van der Waals surface area contributed by atoms with Crippen molar-refractivity contribution < 1.29 is 8.42 Å². The Bertz CT molecular complexity index is 493. The van der Waals surface area contributed by atoms with E-state index in [4.69, 9.17) is 0 Å². The Hall–Kier alpha value is -0.390. The summed E-state index contributed by atoms with van der Waals surface area (Å²) >= 11 is 3.33. The van der Waals surface area contributed by atoms with Crippen LogP contribution >= 0.6 is 15.9 Å². The van der Waals surface area contributed by atoms with Gasteiger partial charge in [0.1, 0.15) is 0 Å². The summed E-state index contributed by atoms with van der Waals surface area (Å²) in [7, 11) is -3.35. The molecule has 0 saturated carbocycles. The molecule has 0 aliphatic carbocycles. The number of sulfonamides is 1. The highest BCUT2D eigenvalue weighted by atomic mass is 79.9. The van der Waals surface area contributed by atoms with Crippen LogP contribution in [0.25, 0.3) is 0 Å². The van der Waals surface area contributed by atoms with Gasteiger partial charge in [0.25, 0.3) is 0 Å². The molecule has 1 fully saturated rings. The lowest BCUT2D eigenvalue weighted by Gasteiger charge is -2.24. The van der Waals surface area contributed by atoms with Crippen molar-refractivity contribution in [3.63, 3.8) is 0 Å². The largest absolute Gasteiger partial charge is 0.244 e. The zero-order chi connectivity index (χ0) is 13.0. The van der Waals surface area contributed by atoms with E-state index in [-0.39, 0.29) is 0 Å². The van der Waals surface area contributed by atoms with E-state index in [1.165, 1.54) is 6.42 Å². The van der Waals surface area contributed by atoms with Gasteiger partial charge in [-0.1, -0.05) is 31.4 Å². The molecule has 100 valence electrons.